The van der Waals surface area contributed by atoms with Gasteiger partial charge in [-0.05, 0) is 24.1 Å². The van der Waals surface area contributed by atoms with Crippen molar-refractivity contribution < 1.29 is 23.1 Å². The molecule has 0 radical (unpaired) electrons. The fourth-order valence-electron chi connectivity index (χ4n) is 2.30. The number of sulfone groups is 1. The van der Waals surface area contributed by atoms with E-state index in [0.717, 1.165) is 5.56 Å². The normalized spacial score (nSPS) is 20.0. The largest absolute Gasteiger partial charge is 0.481 e. The maximum atomic E-state index is 12.4. The van der Waals surface area contributed by atoms with E-state index in [0.29, 0.717) is 13.0 Å². The Morgan fingerprint density at radius 3 is 2.57 bits per heavy atom. The first kappa shape index (κ1) is 17.4. The second-order valence-electron chi connectivity index (χ2n) is 5.22. The van der Waals surface area contributed by atoms with E-state index in [1.165, 1.54) is 18.4 Å². The molecule has 1 unspecified atom stereocenters. The van der Waals surface area contributed by atoms with E-state index in [9.17, 15) is 13.2 Å². The molecular formula is C16H19NO5S. The van der Waals surface area contributed by atoms with Crippen molar-refractivity contribution >= 4 is 22.0 Å². The van der Waals surface area contributed by atoms with Gasteiger partial charge in [-0.15, -0.1) is 0 Å². The lowest BCUT2D eigenvalue weighted by molar-refractivity contribution is -0.137. The zero-order chi connectivity index (χ0) is 16.8. The lowest BCUT2D eigenvalue weighted by Crippen LogP contribution is -2.38. The van der Waals surface area contributed by atoms with Crippen molar-refractivity contribution in [1.82, 2.24) is 0 Å². The van der Waals surface area contributed by atoms with Gasteiger partial charge < -0.3 is 9.84 Å². The Labute approximate surface area is 135 Å². The molecule has 0 saturated heterocycles. The fraction of sp³-hybridized carbons (Fsp3) is 0.375. The van der Waals surface area contributed by atoms with Gasteiger partial charge in [0.1, 0.15) is 0 Å². The smallest absolute Gasteiger partial charge is 0.307 e. The second-order valence-corrected chi connectivity index (χ2v) is 7.56. The van der Waals surface area contributed by atoms with Crippen LogP contribution < -0.4 is 0 Å². The maximum Gasteiger partial charge on any atom is 0.307 e. The molecule has 124 valence electrons. The van der Waals surface area contributed by atoms with Gasteiger partial charge in [0.2, 0.25) is 0 Å². The number of carboxylic acids is 1. The molecule has 0 spiro atoms. The van der Waals surface area contributed by atoms with Crippen LogP contribution in [0.5, 0.6) is 0 Å². The molecule has 1 aromatic carbocycles. The Morgan fingerprint density at radius 2 is 1.96 bits per heavy atom. The summed E-state index contributed by atoms with van der Waals surface area (Å²) < 4.78 is 30.2. The Hall–Kier alpha value is -1.99. The van der Waals surface area contributed by atoms with Gasteiger partial charge >= 0.3 is 5.97 Å². The minimum Gasteiger partial charge on any atom is -0.481 e. The van der Waals surface area contributed by atoms with Gasteiger partial charge in [-0.25, -0.2) is 8.42 Å². The van der Waals surface area contributed by atoms with E-state index in [4.69, 9.17) is 9.84 Å². The lowest BCUT2D eigenvalue weighted by atomic mass is 10.2. The van der Waals surface area contributed by atoms with Gasteiger partial charge in [0, 0.05) is 6.21 Å². The van der Waals surface area contributed by atoms with E-state index in [1.807, 2.05) is 30.3 Å². The number of nitrogens with zero attached hydrogens (tertiary/aromatic N) is 1. The molecule has 0 aliphatic carbocycles. The van der Waals surface area contributed by atoms with Crippen molar-refractivity contribution in [3.8, 4) is 0 Å². The quantitative estimate of drug-likeness (QED) is 0.689. The summed E-state index contributed by atoms with van der Waals surface area (Å²) in [6.07, 6.45) is 4.21. The standard InChI is InChI=1S/C16H19NO5S/c18-15(19)13-16(8-4-9-17-16)23(20,21)12-11-22-10-7-14-5-2-1-3-6-14/h1-6,8-9H,7,10-13H2,(H,18,19). The molecule has 7 heteroatoms. The van der Waals surface area contributed by atoms with Gasteiger partial charge in [0.05, 0.1) is 25.4 Å². The third-order valence-corrected chi connectivity index (χ3v) is 5.72. The molecule has 0 aromatic heterocycles. The summed E-state index contributed by atoms with van der Waals surface area (Å²) in [6.45, 7) is 0.421. The minimum absolute atomic E-state index is 0.0138. The third-order valence-electron chi connectivity index (χ3n) is 3.55. The highest BCUT2D eigenvalue weighted by Gasteiger charge is 2.44. The number of aliphatic imine (C=N–C) groups is 1. The zero-order valence-corrected chi connectivity index (χ0v) is 13.4. The van der Waals surface area contributed by atoms with Crippen LogP contribution in [0.25, 0.3) is 0 Å². The maximum absolute atomic E-state index is 12.4. The number of aliphatic carboxylic acids is 1. The van der Waals surface area contributed by atoms with E-state index < -0.39 is 27.1 Å². The molecule has 0 bridgehead atoms. The first-order valence-corrected chi connectivity index (χ1v) is 8.89. The fourth-order valence-corrected chi connectivity index (χ4v) is 3.84. The number of benzene rings is 1. The van der Waals surface area contributed by atoms with E-state index in [2.05, 4.69) is 4.99 Å². The molecule has 23 heavy (non-hydrogen) atoms. The summed E-state index contributed by atoms with van der Waals surface area (Å²) in [7, 11) is -3.75. The Balaban J connectivity index is 1.85. The summed E-state index contributed by atoms with van der Waals surface area (Å²) in [5.74, 6) is -1.47. The number of hydrogen-bond acceptors (Lipinski definition) is 5. The van der Waals surface area contributed by atoms with Crippen LogP contribution >= 0.6 is 0 Å². The Morgan fingerprint density at radius 1 is 1.22 bits per heavy atom. The lowest BCUT2D eigenvalue weighted by Gasteiger charge is -2.22. The van der Waals surface area contributed by atoms with Crippen LogP contribution in [0.4, 0.5) is 0 Å². The Kier molecular flexibility index (Phi) is 5.68. The van der Waals surface area contributed by atoms with Crippen LogP contribution in [0.15, 0.2) is 47.5 Å². The van der Waals surface area contributed by atoms with Crippen LogP contribution in [-0.4, -0.2) is 49.5 Å². The second kappa shape index (κ2) is 7.52. The summed E-state index contributed by atoms with van der Waals surface area (Å²) in [5.41, 5.74) is 1.11. The van der Waals surface area contributed by atoms with Crippen molar-refractivity contribution in [3.63, 3.8) is 0 Å². The molecule has 1 aliphatic heterocycles. The van der Waals surface area contributed by atoms with Gasteiger partial charge in [0.25, 0.3) is 0 Å². The van der Waals surface area contributed by atoms with Crippen LogP contribution in [0, 0.1) is 0 Å². The summed E-state index contributed by atoms with van der Waals surface area (Å²) >= 11 is 0. The van der Waals surface area contributed by atoms with Gasteiger partial charge in [-0.3, -0.25) is 9.79 Å². The van der Waals surface area contributed by atoms with Gasteiger partial charge in [-0.1, -0.05) is 30.3 Å². The van der Waals surface area contributed by atoms with Gasteiger partial charge in [-0.2, -0.15) is 0 Å². The molecule has 1 aromatic rings. The Bertz CT molecular complexity index is 682. The van der Waals surface area contributed by atoms with Gasteiger partial charge in [0.15, 0.2) is 14.7 Å². The number of allylic oxidation sites excluding steroid dienone is 1. The first-order valence-electron chi connectivity index (χ1n) is 7.24. The van der Waals surface area contributed by atoms with Crippen LogP contribution in [-0.2, 0) is 25.8 Å². The third kappa shape index (κ3) is 4.49. The molecule has 0 saturated carbocycles. The summed E-state index contributed by atoms with van der Waals surface area (Å²) in [4.78, 5) is 13.1. The molecule has 0 fully saturated rings. The van der Waals surface area contributed by atoms with Crippen molar-refractivity contribution in [1.29, 1.82) is 0 Å². The van der Waals surface area contributed by atoms with E-state index in [1.54, 1.807) is 0 Å². The van der Waals surface area contributed by atoms with Crippen LogP contribution in [0.3, 0.4) is 0 Å². The summed E-state index contributed by atoms with van der Waals surface area (Å²) in [5, 5.41) is 8.93. The number of hydrogen-bond donors (Lipinski definition) is 1. The molecule has 6 nitrogen and oxygen atoms in total. The minimum atomic E-state index is -3.75. The van der Waals surface area contributed by atoms with Crippen molar-refractivity contribution in [3.05, 3.63) is 48.0 Å². The first-order chi connectivity index (χ1) is 11.0. The number of carboxylic acid groups (broad SMARTS) is 1. The average Bonchev–Trinajstić information content (AvgIpc) is 2.97. The molecule has 0 amide bonds. The van der Waals surface area contributed by atoms with E-state index in [-0.39, 0.29) is 12.4 Å². The highest BCUT2D eigenvalue weighted by Crippen LogP contribution is 2.29. The molecule has 2 rings (SSSR count). The molecule has 1 heterocycles. The average molecular weight is 337 g/mol. The van der Waals surface area contributed by atoms with Crippen molar-refractivity contribution in [2.24, 2.45) is 4.99 Å². The number of rotatable bonds is 9. The molecule has 1 aliphatic rings. The van der Waals surface area contributed by atoms with Crippen LogP contribution in [0.1, 0.15) is 12.0 Å². The zero-order valence-electron chi connectivity index (χ0n) is 12.6. The number of carbonyl (C=O) groups is 1. The number of ether oxygens (including phenoxy) is 1. The van der Waals surface area contributed by atoms with Crippen molar-refractivity contribution in [2.75, 3.05) is 19.0 Å². The summed E-state index contributed by atoms with van der Waals surface area (Å²) in [6, 6.07) is 9.73. The predicted molar refractivity (Wildman–Crippen MR) is 87.4 cm³/mol. The SMILES string of the molecule is O=C(O)CC1(S(=O)(=O)CCOCCc2ccccc2)C=CC=N1. The molecule has 1 N–H and O–H groups in total. The predicted octanol–water partition coefficient (Wildman–Crippen LogP) is 1.47. The van der Waals surface area contributed by atoms with Crippen LogP contribution in [0.2, 0.25) is 0 Å². The molecule has 1 atom stereocenters. The van der Waals surface area contributed by atoms with E-state index >= 15 is 0 Å². The topological polar surface area (TPSA) is 93.0 Å². The highest BCUT2D eigenvalue weighted by molar-refractivity contribution is 7.93. The van der Waals surface area contributed by atoms with Crippen molar-refractivity contribution in [2.45, 2.75) is 17.7 Å². The monoisotopic (exact) mass is 337 g/mol. The molecular weight excluding hydrogens is 318 g/mol. The highest BCUT2D eigenvalue weighted by atomic mass is 32.2.